The minimum Gasteiger partial charge on any atom is -0.504 e. The zero-order valence-electron chi connectivity index (χ0n) is 12.2. The van der Waals surface area contributed by atoms with Crippen molar-refractivity contribution in [2.75, 3.05) is 14.2 Å². The smallest absolute Gasteiger partial charge is 0.160 e. The fourth-order valence-corrected chi connectivity index (χ4v) is 1.57. The van der Waals surface area contributed by atoms with Crippen molar-refractivity contribution in [3.8, 4) is 23.0 Å². The first-order valence-electron chi connectivity index (χ1n) is 6.15. The Labute approximate surface area is 119 Å². The molecule has 0 aromatic heterocycles. The van der Waals surface area contributed by atoms with Crippen LogP contribution in [0.15, 0.2) is 36.4 Å². The van der Waals surface area contributed by atoms with E-state index >= 15 is 0 Å². The molecular formula is C16H20O4. The number of benzene rings is 2. The van der Waals surface area contributed by atoms with Gasteiger partial charge >= 0.3 is 0 Å². The number of phenolic OH excluding ortho intramolecular Hbond substituents is 2. The van der Waals surface area contributed by atoms with Crippen LogP contribution in [0.3, 0.4) is 0 Å². The average molecular weight is 276 g/mol. The molecule has 0 saturated heterocycles. The van der Waals surface area contributed by atoms with Crippen molar-refractivity contribution >= 4 is 0 Å². The third kappa shape index (κ3) is 4.39. The van der Waals surface area contributed by atoms with Gasteiger partial charge in [-0.2, -0.15) is 0 Å². The van der Waals surface area contributed by atoms with E-state index < -0.39 is 0 Å². The Bertz CT molecular complexity index is 513. The summed E-state index contributed by atoms with van der Waals surface area (Å²) in [4.78, 5) is 0. The lowest BCUT2D eigenvalue weighted by Gasteiger charge is -2.02. The molecule has 0 heterocycles. The molecular weight excluding hydrogens is 256 g/mol. The number of hydrogen-bond donors (Lipinski definition) is 2. The first-order chi connectivity index (χ1) is 9.47. The summed E-state index contributed by atoms with van der Waals surface area (Å²) in [6.07, 6.45) is 0. The van der Waals surface area contributed by atoms with Crippen LogP contribution in [0.25, 0.3) is 0 Å². The SMILES string of the molecule is COc1cc(C)ccc1O.COc1cc(C)ccc1O. The average Bonchev–Trinajstić information content (AvgIpc) is 2.44. The topological polar surface area (TPSA) is 58.9 Å². The van der Waals surface area contributed by atoms with Crippen molar-refractivity contribution in [1.82, 2.24) is 0 Å². The molecule has 2 aromatic rings. The Morgan fingerprint density at radius 3 is 1.30 bits per heavy atom. The van der Waals surface area contributed by atoms with Crippen molar-refractivity contribution in [2.24, 2.45) is 0 Å². The van der Waals surface area contributed by atoms with Gasteiger partial charge in [-0.25, -0.2) is 0 Å². The van der Waals surface area contributed by atoms with E-state index in [4.69, 9.17) is 19.7 Å². The standard InChI is InChI=1S/2C8H10O2/c2*1-6-3-4-7(9)8(5-6)10-2/h2*3-5,9H,1-2H3. The van der Waals surface area contributed by atoms with Gasteiger partial charge in [-0.15, -0.1) is 0 Å². The van der Waals surface area contributed by atoms with Crippen molar-refractivity contribution in [2.45, 2.75) is 13.8 Å². The van der Waals surface area contributed by atoms with Crippen LogP contribution in [0.1, 0.15) is 11.1 Å². The van der Waals surface area contributed by atoms with Crippen LogP contribution in [-0.2, 0) is 0 Å². The Morgan fingerprint density at radius 1 is 0.700 bits per heavy atom. The lowest BCUT2D eigenvalue weighted by molar-refractivity contribution is 0.373. The lowest BCUT2D eigenvalue weighted by Crippen LogP contribution is -1.83. The van der Waals surface area contributed by atoms with Gasteiger partial charge in [-0.05, 0) is 49.2 Å². The molecule has 0 atom stereocenters. The van der Waals surface area contributed by atoms with Gasteiger partial charge in [0.1, 0.15) is 0 Å². The van der Waals surface area contributed by atoms with Gasteiger partial charge in [-0.3, -0.25) is 0 Å². The molecule has 108 valence electrons. The third-order valence-corrected chi connectivity index (χ3v) is 2.67. The lowest BCUT2D eigenvalue weighted by atomic mass is 10.2. The first kappa shape index (κ1) is 15.7. The molecule has 4 nitrogen and oxygen atoms in total. The van der Waals surface area contributed by atoms with Crippen LogP contribution in [0.5, 0.6) is 23.0 Å². The van der Waals surface area contributed by atoms with Gasteiger partial charge in [0, 0.05) is 0 Å². The summed E-state index contributed by atoms with van der Waals surface area (Å²) < 4.78 is 9.75. The van der Waals surface area contributed by atoms with Gasteiger partial charge < -0.3 is 19.7 Å². The monoisotopic (exact) mass is 276 g/mol. The van der Waals surface area contributed by atoms with Crippen molar-refractivity contribution in [3.05, 3.63) is 47.5 Å². The molecule has 0 unspecified atom stereocenters. The highest BCUT2D eigenvalue weighted by Crippen LogP contribution is 2.26. The molecule has 0 radical (unpaired) electrons. The number of aryl methyl sites for hydroxylation is 2. The van der Waals surface area contributed by atoms with E-state index in [-0.39, 0.29) is 11.5 Å². The zero-order valence-corrected chi connectivity index (χ0v) is 12.2. The molecule has 0 amide bonds. The van der Waals surface area contributed by atoms with Crippen molar-refractivity contribution < 1.29 is 19.7 Å². The second-order valence-corrected chi connectivity index (χ2v) is 4.35. The Morgan fingerprint density at radius 2 is 1.05 bits per heavy atom. The molecule has 0 bridgehead atoms. The van der Waals surface area contributed by atoms with E-state index in [0.717, 1.165) is 11.1 Å². The molecule has 0 fully saturated rings. The van der Waals surface area contributed by atoms with Crippen LogP contribution < -0.4 is 9.47 Å². The largest absolute Gasteiger partial charge is 0.504 e. The summed E-state index contributed by atoms with van der Waals surface area (Å²) in [6, 6.07) is 10.5. The summed E-state index contributed by atoms with van der Waals surface area (Å²) in [7, 11) is 3.07. The summed E-state index contributed by atoms with van der Waals surface area (Å²) in [6.45, 7) is 3.89. The van der Waals surface area contributed by atoms with Gasteiger partial charge in [0.15, 0.2) is 23.0 Å². The van der Waals surface area contributed by atoms with Gasteiger partial charge in [-0.1, -0.05) is 12.1 Å². The molecule has 2 N–H and O–H groups in total. The van der Waals surface area contributed by atoms with Crippen LogP contribution >= 0.6 is 0 Å². The van der Waals surface area contributed by atoms with Gasteiger partial charge in [0.05, 0.1) is 14.2 Å². The molecule has 20 heavy (non-hydrogen) atoms. The molecule has 4 heteroatoms. The van der Waals surface area contributed by atoms with Crippen LogP contribution in [0.4, 0.5) is 0 Å². The minimum atomic E-state index is 0.188. The van der Waals surface area contributed by atoms with Crippen molar-refractivity contribution in [1.29, 1.82) is 0 Å². The number of aromatic hydroxyl groups is 2. The van der Waals surface area contributed by atoms with Crippen molar-refractivity contribution in [3.63, 3.8) is 0 Å². The number of methoxy groups -OCH3 is 2. The van der Waals surface area contributed by atoms with E-state index in [0.29, 0.717) is 11.5 Å². The van der Waals surface area contributed by atoms with E-state index in [9.17, 15) is 0 Å². The second kappa shape index (κ2) is 7.28. The van der Waals surface area contributed by atoms with E-state index in [1.165, 1.54) is 14.2 Å². The second-order valence-electron chi connectivity index (χ2n) is 4.35. The van der Waals surface area contributed by atoms with Gasteiger partial charge in [0.2, 0.25) is 0 Å². The molecule has 2 aromatic carbocycles. The van der Waals surface area contributed by atoms with E-state index in [1.54, 1.807) is 24.3 Å². The maximum atomic E-state index is 9.11. The maximum absolute atomic E-state index is 9.11. The first-order valence-corrected chi connectivity index (χ1v) is 6.15. The zero-order chi connectivity index (χ0) is 15.1. The molecule has 0 spiro atoms. The highest BCUT2D eigenvalue weighted by Gasteiger charge is 1.98. The molecule has 0 aliphatic carbocycles. The quantitative estimate of drug-likeness (QED) is 0.882. The Kier molecular flexibility index (Phi) is 5.72. The summed E-state index contributed by atoms with van der Waals surface area (Å²) >= 11 is 0. The number of hydrogen-bond acceptors (Lipinski definition) is 4. The summed E-state index contributed by atoms with van der Waals surface area (Å²) in [5, 5.41) is 18.2. The Balaban J connectivity index is 0.000000200. The number of rotatable bonds is 2. The summed E-state index contributed by atoms with van der Waals surface area (Å²) in [5.74, 6) is 1.43. The fourth-order valence-electron chi connectivity index (χ4n) is 1.57. The Hall–Kier alpha value is -2.36. The third-order valence-electron chi connectivity index (χ3n) is 2.67. The van der Waals surface area contributed by atoms with E-state index in [1.807, 2.05) is 26.0 Å². The van der Waals surface area contributed by atoms with Gasteiger partial charge in [0.25, 0.3) is 0 Å². The molecule has 0 aliphatic heterocycles. The number of phenols is 2. The molecule has 2 rings (SSSR count). The van der Waals surface area contributed by atoms with Crippen LogP contribution in [-0.4, -0.2) is 24.4 Å². The normalized spacial score (nSPS) is 9.40. The number of ether oxygens (including phenoxy) is 2. The summed E-state index contributed by atoms with van der Waals surface area (Å²) in [5.41, 5.74) is 2.16. The van der Waals surface area contributed by atoms with E-state index in [2.05, 4.69) is 0 Å². The molecule has 0 saturated carbocycles. The minimum absolute atomic E-state index is 0.188. The fraction of sp³-hybridized carbons (Fsp3) is 0.250. The van der Waals surface area contributed by atoms with Crippen LogP contribution in [0, 0.1) is 13.8 Å². The van der Waals surface area contributed by atoms with Crippen LogP contribution in [0.2, 0.25) is 0 Å². The maximum Gasteiger partial charge on any atom is 0.160 e. The molecule has 0 aliphatic rings. The highest BCUT2D eigenvalue weighted by molar-refractivity contribution is 5.41. The predicted molar refractivity (Wildman–Crippen MR) is 78.8 cm³/mol. The highest BCUT2D eigenvalue weighted by atomic mass is 16.5. The predicted octanol–water partition coefficient (Wildman–Crippen LogP) is 3.42.